The third-order valence-corrected chi connectivity index (χ3v) is 6.73. The van der Waals surface area contributed by atoms with Gasteiger partial charge in [0, 0.05) is 9.79 Å². The second-order valence-corrected chi connectivity index (χ2v) is 9.36. The van der Waals surface area contributed by atoms with E-state index in [1.165, 1.54) is 29.1 Å². The van der Waals surface area contributed by atoms with Gasteiger partial charge in [-0.2, -0.15) is 0 Å². The van der Waals surface area contributed by atoms with E-state index in [2.05, 4.69) is 39.0 Å². The maximum atomic E-state index is 12.8. The number of fused-ring (bicyclic) bond motifs is 2. The van der Waals surface area contributed by atoms with Gasteiger partial charge in [-0.15, -0.1) is 0 Å². The Balaban J connectivity index is 1.75. The largest absolute Gasteiger partial charge is 0.422 e. The molecule has 2 aliphatic heterocycles. The Labute approximate surface area is 154 Å². The topological polar surface area (TPSA) is 43.4 Å². The molecule has 4 rings (SSSR count). The summed E-state index contributed by atoms with van der Waals surface area (Å²) >= 11 is 2.94. The standard InChI is InChI=1S/C20H16O3S2/c1-20(2,3)11-8-9-14-15(10-11)25-19(24-14)16-17(21)12-6-4-5-7-13(12)23-18(16)22/h4-10H,1-3H3. The molecular formula is C20H16O3S2. The molecular weight excluding hydrogens is 352 g/mol. The van der Waals surface area contributed by atoms with Gasteiger partial charge in [-0.3, -0.25) is 4.79 Å². The Hall–Kier alpha value is -1.98. The van der Waals surface area contributed by atoms with Crippen LogP contribution in [0, 0.1) is 0 Å². The minimum absolute atomic E-state index is 0.0503. The maximum Gasteiger partial charge on any atom is 0.349 e. The quantitative estimate of drug-likeness (QED) is 0.277. The fourth-order valence-electron chi connectivity index (χ4n) is 2.76. The molecule has 2 aliphatic rings. The molecule has 2 aromatic carbocycles. The summed E-state index contributed by atoms with van der Waals surface area (Å²) in [6.45, 7) is 6.50. The van der Waals surface area contributed by atoms with E-state index < -0.39 is 5.97 Å². The molecule has 0 N–H and O–H groups in total. The van der Waals surface area contributed by atoms with Crippen LogP contribution >= 0.6 is 23.5 Å². The van der Waals surface area contributed by atoms with Gasteiger partial charge in [-0.05, 0) is 35.2 Å². The number of carbonyl (C=O) groups is 2. The average molecular weight is 368 g/mol. The third-order valence-electron chi connectivity index (χ3n) is 4.18. The van der Waals surface area contributed by atoms with Crippen LogP contribution in [0.3, 0.4) is 0 Å². The van der Waals surface area contributed by atoms with Crippen LogP contribution in [-0.2, 0) is 10.2 Å². The number of thioether (sulfide) groups is 2. The predicted molar refractivity (Wildman–Crippen MR) is 100 cm³/mol. The van der Waals surface area contributed by atoms with E-state index in [1.54, 1.807) is 24.3 Å². The number of Topliss-reactive ketones (excluding diaryl/α,β-unsaturated/α-hetero) is 1. The first kappa shape index (κ1) is 16.5. The summed E-state index contributed by atoms with van der Waals surface area (Å²) in [4.78, 5) is 27.4. The van der Waals surface area contributed by atoms with E-state index in [9.17, 15) is 9.59 Å². The van der Waals surface area contributed by atoms with Crippen molar-refractivity contribution in [3.05, 3.63) is 63.4 Å². The zero-order valence-electron chi connectivity index (χ0n) is 14.1. The van der Waals surface area contributed by atoms with Crippen molar-refractivity contribution in [2.24, 2.45) is 0 Å². The van der Waals surface area contributed by atoms with Crippen molar-refractivity contribution in [3.8, 4) is 5.75 Å². The molecule has 0 aromatic heterocycles. The van der Waals surface area contributed by atoms with E-state index in [1.807, 2.05) is 0 Å². The second-order valence-electron chi connectivity index (χ2n) is 6.99. The van der Waals surface area contributed by atoms with Gasteiger partial charge in [0.1, 0.15) is 11.3 Å². The van der Waals surface area contributed by atoms with Crippen LogP contribution < -0.4 is 4.74 Å². The number of esters is 1. The molecule has 0 unspecified atom stereocenters. The normalized spacial score (nSPS) is 19.5. The Morgan fingerprint density at radius 1 is 0.920 bits per heavy atom. The zero-order chi connectivity index (χ0) is 17.8. The number of ketones is 1. The molecule has 3 nitrogen and oxygen atoms in total. The molecule has 126 valence electrons. The van der Waals surface area contributed by atoms with Crippen molar-refractivity contribution >= 4 is 35.3 Å². The number of benzene rings is 2. The summed E-state index contributed by atoms with van der Waals surface area (Å²) in [7, 11) is 0. The van der Waals surface area contributed by atoms with Crippen LogP contribution in [0.2, 0.25) is 0 Å². The van der Waals surface area contributed by atoms with E-state index in [-0.39, 0.29) is 16.8 Å². The summed E-state index contributed by atoms with van der Waals surface area (Å²) < 4.78 is 6.06. The number of ether oxygens (including phenoxy) is 1. The molecule has 0 aliphatic carbocycles. The van der Waals surface area contributed by atoms with Gasteiger partial charge in [-0.1, -0.05) is 62.5 Å². The summed E-state index contributed by atoms with van der Waals surface area (Å²) in [5, 5.41) is 0. The first-order valence-corrected chi connectivity index (χ1v) is 9.58. The van der Waals surface area contributed by atoms with Crippen molar-refractivity contribution in [3.63, 3.8) is 0 Å². The lowest BCUT2D eigenvalue weighted by Gasteiger charge is -2.19. The number of hydrogen-bond donors (Lipinski definition) is 0. The van der Waals surface area contributed by atoms with Crippen molar-refractivity contribution in [2.75, 3.05) is 0 Å². The minimum atomic E-state index is -0.567. The number of hydrogen-bond acceptors (Lipinski definition) is 5. The highest BCUT2D eigenvalue weighted by atomic mass is 32.2. The second kappa shape index (κ2) is 5.78. The van der Waals surface area contributed by atoms with Gasteiger partial charge in [0.15, 0.2) is 0 Å². The van der Waals surface area contributed by atoms with E-state index in [0.29, 0.717) is 15.6 Å². The highest BCUT2D eigenvalue weighted by Crippen LogP contribution is 2.54. The molecule has 0 amide bonds. The lowest BCUT2D eigenvalue weighted by Crippen LogP contribution is -2.25. The summed E-state index contributed by atoms with van der Waals surface area (Å²) in [5.74, 6) is -0.490. The molecule has 0 spiro atoms. The van der Waals surface area contributed by atoms with Gasteiger partial charge >= 0.3 is 5.97 Å². The van der Waals surface area contributed by atoms with Crippen molar-refractivity contribution in [2.45, 2.75) is 36.0 Å². The maximum absolute atomic E-state index is 12.8. The molecule has 0 bridgehead atoms. The molecule has 0 saturated carbocycles. The number of para-hydroxylation sites is 1. The lowest BCUT2D eigenvalue weighted by molar-refractivity contribution is -0.130. The molecule has 25 heavy (non-hydrogen) atoms. The SMILES string of the molecule is CC(C)(C)c1ccc2c(c1)SC(=C1C(=O)Oc3ccccc3C1=O)S2. The minimum Gasteiger partial charge on any atom is -0.422 e. The van der Waals surface area contributed by atoms with Gasteiger partial charge in [0.05, 0.1) is 9.80 Å². The van der Waals surface area contributed by atoms with Crippen molar-refractivity contribution in [1.29, 1.82) is 0 Å². The van der Waals surface area contributed by atoms with Crippen LogP contribution in [0.25, 0.3) is 0 Å². The van der Waals surface area contributed by atoms with Crippen LogP contribution in [-0.4, -0.2) is 11.8 Å². The Morgan fingerprint density at radius 2 is 1.64 bits per heavy atom. The van der Waals surface area contributed by atoms with Gasteiger partial charge in [-0.25, -0.2) is 4.79 Å². The highest BCUT2D eigenvalue weighted by molar-refractivity contribution is 8.24. The van der Waals surface area contributed by atoms with Crippen LogP contribution in [0.15, 0.2) is 62.1 Å². The zero-order valence-corrected chi connectivity index (χ0v) is 15.7. The average Bonchev–Trinajstić information content (AvgIpc) is 2.96. The fourth-order valence-corrected chi connectivity index (χ4v) is 5.32. The smallest absolute Gasteiger partial charge is 0.349 e. The molecule has 5 heteroatoms. The van der Waals surface area contributed by atoms with E-state index in [0.717, 1.165) is 9.79 Å². The Kier molecular flexibility index (Phi) is 3.81. The monoisotopic (exact) mass is 368 g/mol. The summed E-state index contributed by atoms with van der Waals surface area (Å²) in [5.41, 5.74) is 1.86. The van der Waals surface area contributed by atoms with Crippen LogP contribution in [0.5, 0.6) is 5.75 Å². The number of carbonyl (C=O) groups excluding carboxylic acids is 2. The molecule has 2 heterocycles. The molecule has 2 aromatic rings. The van der Waals surface area contributed by atoms with Crippen LogP contribution in [0.1, 0.15) is 36.7 Å². The first-order chi connectivity index (χ1) is 11.8. The Bertz CT molecular complexity index is 952. The van der Waals surface area contributed by atoms with E-state index >= 15 is 0 Å². The third kappa shape index (κ3) is 2.81. The predicted octanol–water partition coefficient (Wildman–Crippen LogP) is 5.20. The molecule has 0 radical (unpaired) electrons. The van der Waals surface area contributed by atoms with Gasteiger partial charge < -0.3 is 4.74 Å². The van der Waals surface area contributed by atoms with Crippen molar-refractivity contribution in [1.82, 2.24) is 0 Å². The lowest BCUT2D eigenvalue weighted by atomic mass is 9.87. The van der Waals surface area contributed by atoms with Gasteiger partial charge in [0.2, 0.25) is 5.78 Å². The molecule has 0 saturated heterocycles. The van der Waals surface area contributed by atoms with Crippen LogP contribution in [0.4, 0.5) is 0 Å². The summed E-state index contributed by atoms with van der Waals surface area (Å²) in [6.07, 6.45) is 0. The molecule has 0 fully saturated rings. The Morgan fingerprint density at radius 3 is 2.40 bits per heavy atom. The van der Waals surface area contributed by atoms with E-state index in [4.69, 9.17) is 4.74 Å². The summed E-state index contributed by atoms with van der Waals surface area (Å²) in [6, 6.07) is 13.2. The van der Waals surface area contributed by atoms with Crippen molar-refractivity contribution < 1.29 is 14.3 Å². The highest BCUT2D eigenvalue weighted by Gasteiger charge is 2.36. The number of rotatable bonds is 0. The first-order valence-electron chi connectivity index (χ1n) is 7.95. The molecule has 0 atom stereocenters. The van der Waals surface area contributed by atoms with Gasteiger partial charge in [0.25, 0.3) is 0 Å². The fraction of sp³-hybridized carbons (Fsp3) is 0.200.